The minimum Gasteiger partial charge on any atom is -0.479 e. The molecule has 0 aromatic heterocycles. The Kier molecular flexibility index (Phi) is 4.60. The van der Waals surface area contributed by atoms with Gasteiger partial charge in [0.25, 0.3) is 0 Å². The molecular formula is C19H20O6S. The van der Waals surface area contributed by atoms with Gasteiger partial charge in [-0.2, -0.15) is 0 Å². The standard InChI is InChI=1S/C19H20O6S/c1-5-14(26)18(22)24-13-8-19(4)15(20)7-11(25-19)9(2)6-12-16(13)10(3)17(21)23-12/h5-7,12-13,16,26H,3,8H2,1-2,4H3/b9-6-,14-5+/t12-,13+,16+,19-/m1/s1. The largest absolute Gasteiger partial charge is 0.479 e. The average molecular weight is 376 g/mol. The molecule has 0 aliphatic carbocycles. The number of ketones is 1. The normalized spacial score (nSPS) is 35.9. The second-order valence-electron chi connectivity index (χ2n) is 6.80. The van der Waals surface area contributed by atoms with Gasteiger partial charge in [-0.15, -0.1) is 12.6 Å². The molecule has 0 radical (unpaired) electrons. The molecule has 0 aromatic carbocycles. The topological polar surface area (TPSA) is 78.9 Å². The van der Waals surface area contributed by atoms with E-state index in [1.54, 1.807) is 26.8 Å². The summed E-state index contributed by atoms with van der Waals surface area (Å²) < 4.78 is 16.9. The molecule has 7 heteroatoms. The maximum absolute atomic E-state index is 12.5. The molecule has 2 bridgehead atoms. The fraction of sp³-hybridized carbons (Fsp3) is 0.421. The summed E-state index contributed by atoms with van der Waals surface area (Å²) in [4.78, 5) is 37.0. The van der Waals surface area contributed by atoms with Gasteiger partial charge in [0.05, 0.1) is 10.8 Å². The maximum Gasteiger partial charge on any atom is 0.344 e. The lowest BCUT2D eigenvalue weighted by Gasteiger charge is -2.31. The zero-order valence-electron chi connectivity index (χ0n) is 14.8. The van der Waals surface area contributed by atoms with E-state index in [4.69, 9.17) is 14.2 Å². The van der Waals surface area contributed by atoms with Gasteiger partial charge in [-0.25, -0.2) is 9.59 Å². The van der Waals surface area contributed by atoms with E-state index >= 15 is 0 Å². The van der Waals surface area contributed by atoms with Crippen LogP contribution in [-0.4, -0.2) is 35.5 Å². The number of hydrogen-bond donors (Lipinski definition) is 1. The van der Waals surface area contributed by atoms with Gasteiger partial charge in [-0.05, 0) is 32.4 Å². The van der Waals surface area contributed by atoms with Crippen molar-refractivity contribution in [2.75, 3.05) is 0 Å². The fourth-order valence-electron chi connectivity index (χ4n) is 3.38. The monoisotopic (exact) mass is 376 g/mol. The Morgan fingerprint density at radius 3 is 2.81 bits per heavy atom. The summed E-state index contributed by atoms with van der Waals surface area (Å²) in [7, 11) is 0. The van der Waals surface area contributed by atoms with Gasteiger partial charge in [0.2, 0.25) is 5.78 Å². The van der Waals surface area contributed by atoms with Crippen LogP contribution in [0, 0.1) is 5.92 Å². The van der Waals surface area contributed by atoms with Crippen LogP contribution in [0.1, 0.15) is 27.2 Å². The lowest BCUT2D eigenvalue weighted by molar-refractivity contribution is -0.152. The van der Waals surface area contributed by atoms with Crippen molar-refractivity contribution in [2.24, 2.45) is 5.92 Å². The molecular weight excluding hydrogens is 356 g/mol. The smallest absolute Gasteiger partial charge is 0.344 e. The molecule has 1 saturated heterocycles. The van der Waals surface area contributed by atoms with E-state index in [-0.39, 0.29) is 22.7 Å². The van der Waals surface area contributed by atoms with E-state index in [0.29, 0.717) is 11.3 Å². The summed E-state index contributed by atoms with van der Waals surface area (Å²) in [6, 6.07) is 0. The van der Waals surface area contributed by atoms with Crippen LogP contribution in [-0.2, 0) is 28.6 Å². The van der Waals surface area contributed by atoms with Crippen LogP contribution in [0.2, 0.25) is 0 Å². The van der Waals surface area contributed by atoms with Gasteiger partial charge in [-0.1, -0.05) is 12.7 Å². The Morgan fingerprint density at radius 1 is 1.46 bits per heavy atom. The second-order valence-corrected chi connectivity index (χ2v) is 7.28. The molecule has 0 spiro atoms. The van der Waals surface area contributed by atoms with Crippen molar-refractivity contribution in [1.29, 1.82) is 0 Å². The zero-order valence-corrected chi connectivity index (χ0v) is 15.7. The lowest BCUT2D eigenvalue weighted by atomic mass is 9.82. The minimum absolute atomic E-state index is 0.0697. The van der Waals surface area contributed by atoms with Crippen LogP contribution >= 0.6 is 12.6 Å². The zero-order chi connectivity index (χ0) is 19.2. The third-order valence-electron chi connectivity index (χ3n) is 4.92. The first-order chi connectivity index (χ1) is 12.2. The van der Waals surface area contributed by atoms with Gasteiger partial charge in [0.15, 0.2) is 5.60 Å². The number of carbonyl (C=O) groups excluding carboxylic acids is 3. The first-order valence-corrected chi connectivity index (χ1v) is 8.71. The molecule has 3 aliphatic rings. The van der Waals surface area contributed by atoms with Gasteiger partial charge < -0.3 is 14.2 Å². The van der Waals surface area contributed by atoms with Crippen LogP contribution in [0.25, 0.3) is 0 Å². The summed E-state index contributed by atoms with van der Waals surface area (Å²) in [5, 5.41) is 0. The molecule has 6 nitrogen and oxygen atoms in total. The molecule has 138 valence electrons. The van der Waals surface area contributed by atoms with Crippen LogP contribution in [0.3, 0.4) is 0 Å². The highest BCUT2D eigenvalue weighted by Crippen LogP contribution is 2.42. The van der Waals surface area contributed by atoms with Crippen molar-refractivity contribution < 1.29 is 28.6 Å². The lowest BCUT2D eigenvalue weighted by Crippen LogP contribution is -2.42. The van der Waals surface area contributed by atoms with E-state index < -0.39 is 35.7 Å². The third kappa shape index (κ3) is 3.00. The molecule has 4 atom stereocenters. The Balaban J connectivity index is 2.05. The van der Waals surface area contributed by atoms with Crippen LogP contribution < -0.4 is 0 Å². The molecule has 0 saturated carbocycles. The first-order valence-electron chi connectivity index (χ1n) is 8.26. The fourth-order valence-corrected chi connectivity index (χ4v) is 3.43. The molecule has 3 rings (SSSR count). The number of fused-ring (bicyclic) bond motifs is 3. The van der Waals surface area contributed by atoms with Gasteiger partial charge in [-0.3, -0.25) is 4.79 Å². The average Bonchev–Trinajstić information content (AvgIpc) is 3.03. The number of rotatable bonds is 2. The number of ether oxygens (including phenoxy) is 3. The van der Waals surface area contributed by atoms with Crippen molar-refractivity contribution in [1.82, 2.24) is 0 Å². The van der Waals surface area contributed by atoms with Crippen molar-refractivity contribution in [3.05, 3.63) is 46.6 Å². The van der Waals surface area contributed by atoms with E-state index in [1.165, 1.54) is 12.2 Å². The van der Waals surface area contributed by atoms with Crippen molar-refractivity contribution in [3.8, 4) is 0 Å². The van der Waals surface area contributed by atoms with Crippen molar-refractivity contribution >= 4 is 30.4 Å². The highest BCUT2D eigenvalue weighted by Gasteiger charge is 2.51. The van der Waals surface area contributed by atoms with Crippen molar-refractivity contribution in [2.45, 2.75) is 45.0 Å². The predicted molar refractivity (Wildman–Crippen MR) is 96.1 cm³/mol. The van der Waals surface area contributed by atoms with E-state index in [9.17, 15) is 14.4 Å². The van der Waals surface area contributed by atoms with Gasteiger partial charge >= 0.3 is 11.9 Å². The van der Waals surface area contributed by atoms with E-state index in [0.717, 1.165) is 0 Å². The SMILES string of the molecule is C=C1C(=O)O[C@@H]2/C=C(/C)C3=CC(=O)[C@@](C)(C[C@H](OC(=O)/C(S)=C\C)[C@@H]12)O3. The summed E-state index contributed by atoms with van der Waals surface area (Å²) in [6.45, 7) is 8.88. The number of thiol groups is 1. The summed E-state index contributed by atoms with van der Waals surface area (Å²) in [6.07, 6.45) is 3.22. The minimum atomic E-state index is -1.19. The van der Waals surface area contributed by atoms with Crippen molar-refractivity contribution in [3.63, 3.8) is 0 Å². The van der Waals surface area contributed by atoms with Gasteiger partial charge in [0.1, 0.15) is 18.0 Å². The third-order valence-corrected chi connectivity index (χ3v) is 5.36. The molecule has 26 heavy (non-hydrogen) atoms. The molecule has 1 fully saturated rings. The number of hydrogen-bond acceptors (Lipinski definition) is 7. The quantitative estimate of drug-likeness (QED) is 0.453. The Bertz CT molecular complexity index is 805. The Labute approximate surface area is 157 Å². The van der Waals surface area contributed by atoms with Crippen LogP contribution in [0.5, 0.6) is 0 Å². The summed E-state index contributed by atoms with van der Waals surface area (Å²) >= 11 is 4.08. The Morgan fingerprint density at radius 2 is 2.15 bits per heavy atom. The molecule has 0 amide bonds. The molecule has 0 unspecified atom stereocenters. The van der Waals surface area contributed by atoms with Gasteiger partial charge in [0, 0.05) is 18.1 Å². The van der Waals surface area contributed by atoms with Crippen LogP contribution in [0.15, 0.2) is 46.6 Å². The van der Waals surface area contributed by atoms with E-state index in [1.807, 2.05) is 0 Å². The first kappa shape index (κ1) is 18.5. The predicted octanol–water partition coefficient (Wildman–Crippen LogP) is 2.42. The highest BCUT2D eigenvalue weighted by molar-refractivity contribution is 7.85. The van der Waals surface area contributed by atoms with Crippen LogP contribution in [0.4, 0.5) is 0 Å². The molecule has 3 heterocycles. The summed E-state index contributed by atoms with van der Waals surface area (Å²) in [5.41, 5.74) is -0.307. The van der Waals surface area contributed by atoms with E-state index in [2.05, 4.69) is 19.2 Å². The summed E-state index contributed by atoms with van der Waals surface area (Å²) in [5.74, 6) is -1.57. The second kappa shape index (κ2) is 6.46. The molecule has 0 N–H and O–H groups in total. The molecule has 0 aromatic rings. The number of carbonyl (C=O) groups is 3. The Hall–Kier alpha value is -2.28. The number of esters is 2. The molecule has 3 aliphatic heterocycles. The maximum atomic E-state index is 12.5. The number of allylic oxidation sites excluding steroid dienone is 2. The highest BCUT2D eigenvalue weighted by atomic mass is 32.1.